The number of benzene rings is 3. The van der Waals surface area contributed by atoms with Gasteiger partial charge in [-0.1, -0.05) is 43.7 Å². The fourth-order valence-corrected chi connectivity index (χ4v) is 2.78. The summed E-state index contributed by atoms with van der Waals surface area (Å²) in [7, 11) is 0. The zero-order valence-electron chi connectivity index (χ0n) is 16.6. The van der Waals surface area contributed by atoms with Crippen molar-refractivity contribution in [2.75, 3.05) is 11.9 Å². The molecule has 2 amide bonds. The Labute approximate surface area is 174 Å². The van der Waals surface area contributed by atoms with Crippen LogP contribution in [0.2, 0.25) is 0 Å². The highest BCUT2D eigenvalue weighted by molar-refractivity contribution is 6.39. The number of hydrogen-bond donors (Lipinski definition) is 3. The molecule has 0 saturated heterocycles. The number of carbonyl (C=O) groups is 2. The number of ether oxygens (including phenoxy) is 1. The van der Waals surface area contributed by atoms with Crippen molar-refractivity contribution in [3.63, 3.8) is 0 Å². The van der Waals surface area contributed by atoms with Gasteiger partial charge in [-0.3, -0.25) is 9.59 Å². The van der Waals surface area contributed by atoms with Gasteiger partial charge in [0, 0.05) is 11.3 Å². The lowest BCUT2D eigenvalue weighted by atomic mass is 10.0. The number of phenolic OH excluding ortho intramolecular Hbond substituents is 1. The van der Waals surface area contributed by atoms with E-state index in [0.29, 0.717) is 23.6 Å². The normalized spacial score (nSPS) is 10.8. The number of aromatic hydroxyl groups is 1. The molecule has 0 aromatic heterocycles. The molecule has 0 aliphatic heterocycles. The van der Waals surface area contributed by atoms with Gasteiger partial charge in [-0.2, -0.15) is 5.10 Å². The summed E-state index contributed by atoms with van der Waals surface area (Å²) in [5.41, 5.74) is 3.09. The number of hydrazone groups is 1. The average molecular weight is 405 g/mol. The Balaban J connectivity index is 1.57. The first kappa shape index (κ1) is 20.9. The molecular weight excluding hydrogens is 382 g/mol. The molecule has 3 aromatic carbocycles. The molecule has 0 unspecified atom stereocenters. The van der Waals surface area contributed by atoms with Crippen molar-refractivity contribution in [2.24, 2.45) is 5.10 Å². The Morgan fingerprint density at radius 3 is 2.57 bits per heavy atom. The number of rotatable bonds is 7. The summed E-state index contributed by atoms with van der Waals surface area (Å²) in [6.07, 6.45) is 3.33. The van der Waals surface area contributed by atoms with Gasteiger partial charge in [-0.05, 0) is 47.5 Å². The molecular formula is C23H23N3O4. The average Bonchev–Trinajstić information content (AvgIpc) is 2.76. The van der Waals surface area contributed by atoms with Crippen LogP contribution in [0, 0.1) is 0 Å². The second kappa shape index (κ2) is 10.1. The van der Waals surface area contributed by atoms with Crippen molar-refractivity contribution in [3.05, 3.63) is 66.2 Å². The number of carbonyl (C=O) groups excluding carboxylic acids is 2. The van der Waals surface area contributed by atoms with Crippen LogP contribution in [0.5, 0.6) is 11.5 Å². The van der Waals surface area contributed by atoms with Gasteiger partial charge in [0.15, 0.2) is 0 Å². The largest absolute Gasteiger partial charge is 0.507 e. The van der Waals surface area contributed by atoms with E-state index >= 15 is 0 Å². The summed E-state index contributed by atoms with van der Waals surface area (Å²) in [5, 5.41) is 18.1. The lowest BCUT2D eigenvalue weighted by Gasteiger charge is -2.07. The zero-order chi connectivity index (χ0) is 21.3. The van der Waals surface area contributed by atoms with E-state index in [4.69, 9.17) is 4.74 Å². The van der Waals surface area contributed by atoms with Crippen LogP contribution in [-0.2, 0) is 9.59 Å². The van der Waals surface area contributed by atoms with Crippen LogP contribution in [0.15, 0.2) is 65.8 Å². The smallest absolute Gasteiger partial charge is 0.329 e. The van der Waals surface area contributed by atoms with Gasteiger partial charge in [-0.15, -0.1) is 0 Å². The fourth-order valence-electron chi connectivity index (χ4n) is 2.78. The third-order valence-corrected chi connectivity index (χ3v) is 4.39. The topological polar surface area (TPSA) is 100 Å². The van der Waals surface area contributed by atoms with Crippen molar-refractivity contribution in [2.45, 2.75) is 19.8 Å². The Kier molecular flexibility index (Phi) is 7.00. The van der Waals surface area contributed by atoms with Gasteiger partial charge in [0.25, 0.3) is 0 Å². The molecule has 3 aromatic rings. The first-order valence-electron chi connectivity index (χ1n) is 9.66. The van der Waals surface area contributed by atoms with Gasteiger partial charge in [-0.25, -0.2) is 5.43 Å². The summed E-state index contributed by atoms with van der Waals surface area (Å²) in [6, 6.07) is 17.6. The number of unbranched alkanes of at least 4 members (excludes halogenated alkanes) is 1. The molecule has 0 spiro atoms. The van der Waals surface area contributed by atoms with E-state index in [9.17, 15) is 14.7 Å². The zero-order valence-corrected chi connectivity index (χ0v) is 16.6. The number of nitrogens with zero attached hydrogens (tertiary/aromatic N) is 1. The predicted octanol–water partition coefficient (Wildman–Crippen LogP) is 3.81. The Hall–Kier alpha value is -3.87. The van der Waals surface area contributed by atoms with Crippen LogP contribution < -0.4 is 15.5 Å². The molecule has 0 aliphatic carbocycles. The van der Waals surface area contributed by atoms with E-state index in [0.717, 1.165) is 23.6 Å². The maximum atomic E-state index is 12.1. The SMILES string of the molecule is CCCCOc1ccc(NC(=O)C(=O)N/N=C/c2c(O)ccc3ccccc23)cc1. The number of anilines is 1. The van der Waals surface area contributed by atoms with Gasteiger partial charge >= 0.3 is 11.8 Å². The highest BCUT2D eigenvalue weighted by Gasteiger charge is 2.13. The molecule has 154 valence electrons. The highest BCUT2D eigenvalue weighted by Crippen LogP contribution is 2.25. The van der Waals surface area contributed by atoms with Crippen LogP contribution in [0.1, 0.15) is 25.3 Å². The minimum Gasteiger partial charge on any atom is -0.507 e. The molecule has 30 heavy (non-hydrogen) atoms. The van der Waals surface area contributed by atoms with Gasteiger partial charge < -0.3 is 15.2 Å². The molecule has 0 aliphatic rings. The first-order valence-corrected chi connectivity index (χ1v) is 9.66. The van der Waals surface area contributed by atoms with E-state index in [-0.39, 0.29) is 5.75 Å². The second-order valence-electron chi connectivity index (χ2n) is 6.60. The third-order valence-electron chi connectivity index (χ3n) is 4.39. The van der Waals surface area contributed by atoms with Crippen LogP contribution in [0.4, 0.5) is 5.69 Å². The Morgan fingerprint density at radius 1 is 1.03 bits per heavy atom. The van der Waals surface area contributed by atoms with Crippen molar-refractivity contribution in [1.82, 2.24) is 5.43 Å². The summed E-state index contributed by atoms with van der Waals surface area (Å²) in [5.74, 6) is -1.05. The van der Waals surface area contributed by atoms with E-state index in [2.05, 4.69) is 22.8 Å². The van der Waals surface area contributed by atoms with Crippen LogP contribution in [0.25, 0.3) is 10.8 Å². The number of phenols is 1. The standard InChI is InChI=1S/C23H23N3O4/c1-2-3-14-30-18-11-9-17(10-12-18)25-22(28)23(29)26-24-15-20-19-7-5-4-6-16(19)8-13-21(20)27/h4-13,15,27H,2-3,14H2,1H3,(H,25,28)(H,26,29)/b24-15+. The number of amides is 2. The number of hydrogen-bond acceptors (Lipinski definition) is 5. The van der Waals surface area contributed by atoms with Gasteiger partial charge in [0.05, 0.1) is 12.8 Å². The minimum absolute atomic E-state index is 0.0254. The van der Waals surface area contributed by atoms with E-state index in [1.165, 1.54) is 6.21 Å². The maximum Gasteiger partial charge on any atom is 0.329 e. The Bertz CT molecular complexity index is 1060. The summed E-state index contributed by atoms with van der Waals surface area (Å²) >= 11 is 0. The second-order valence-corrected chi connectivity index (χ2v) is 6.60. The highest BCUT2D eigenvalue weighted by atomic mass is 16.5. The molecule has 3 rings (SSSR count). The first-order chi connectivity index (χ1) is 14.6. The van der Waals surface area contributed by atoms with E-state index in [1.807, 2.05) is 24.3 Å². The molecule has 7 nitrogen and oxygen atoms in total. The monoisotopic (exact) mass is 405 g/mol. The predicted molar refractivity (Wildman–Crippen MR) is 117 cm³/mol. The number of fused-ring (bicyclic) bond motifs is 1. The third kappa shape index (κ3) is 5.35. The van der Waals surface area contributed by atoms with Crippen molar-refractivity contribution < 1.29 is 19.4 Å². The summed E-state index contributed by atoms with van der Waals surface area (Å²) in [4.78, 5) is 24.1. The van der Waals surface area contributed by atoms with Crippen molar-refractivity contribution in [1.29, 1.82) is 0 Å². The molecule has 0 bridgehead atoms. The van der Waals surface area contributed by atoms with Crippen LogP contribution in [0.3, 0.4) is 0 Å². The van der Waals surface area contributed by atoms with Gasteiger partial charge in [0.2, 0.25) is 0 Å². The Morgan fingerprint density at radius 2 is 1.80 bits per heavy atom. The quantitative estimate of drug-likeness (QED) is 0.241. The van der Waals surface area contributed by atoms with Gasteiger partial charge in [0.1, 0.15) is 11.5 Å². The van der Waals surface area contributed by atoms with Crippen LogP contribution >= 0.6 is 0 Å². The molecule has 3 N–H and O–H groups in total. The van der Waals surface area contributed by atoms with E-state index < -0.39 is 11.8 Å². The van der Waals surface area contributed by atoms with Crippen molar-refractivity contribution in [3.8, 4) is 11.5 Å². The molecule has 7 heteroatoms. The summed E-state index contributed by atoms with van der Waals surface area (Å²) in [6.45, 7) is 2.72. The van der Waals surface area contributed by atoms with Crippen molar-refractivity contribution >= 4 is 34.5 Å². The fraction of sp³-hybridized carbons (Fsp3) is 0.174. The summed E-state index contributed by atoms with van der Waals surface area (Å²) < 4.78 is 5.56. The van der Waals surface area contributed by atoms with E-state index in [1.54, 1.807) is 36.4 Å². The molecule has 0 fully saturated rings. The molecule has 0 radical (unpaired) electrons. The molecule has 0 heterocycles. The van der Waals surface area contributed by atoms with Crippen LogP contribution in [-0.4, -0.2) is 29.7 Å². The number of nitrogens with one attached hydrogen (secondary N) is 2. The lowest BCUT2D eigenvalue weighted by molar-refractivity contribution is -0.136. The minimum atomic E-state index is -0.922. The lowest BCUT2D eigenvalue weighted by Crippen LogP contribution is -2.32. The molecule has 0 atom stereocenters. The maximum absolute atomic E-state index is 12.1. The molecule has 0 saturated carbocycles.